The van der Waals surface area contributed by atoms with Gasteiger partial charge in [-0.3, -0.25) is 37.9 Å². The minimum Gasteiger partial charge on any atom is -0.481 e. The number of amides is 2. The fourth-order valence-electron chi connectivity index (χ4n) is 7.43. The lowest BCUT2D eigenvalue weighted by Crippen LogP contribution is -2.53. The van der Waals surface area contributed by atoms with Crippen LogP contribution in [-0.4, -0.2) is 82.8 Å². The first kappa shape index (κ1) is 30.1. The molecule has 0 radical (unpaired) electrons. The van der Waals surface area contributed by atoms with Crippen LogP contribution in [-0.2, 0) is 30.3 Å². The largest absolute Gasteiger partial charge is 0.481 e. The Balaban J connectivity index is 1.37. The summed E-state index contributed by atoms with van der Waals surface area (Å²) in [7, 11) is 0. The summed E-state index contributed by atoms with van der Waals surface area (Å²) in [5.41, 5.74) is -1.08. The fraction of sp³-hybridized carbons (Fsp3) is 0.364. The van der Waals surface area contributed by atoms with Gasteiger partial charge in [-0.1, -0.05) is 0 Å². The van der Waals surface area contributed by atoms with Crippen molar-refractivity contribution in [3.05, 3.63) is 66.4 Å². The molecule has 5 aromatic rings. The molecule has 7 rings (SSSR count). The molecule has 2 aliphatic heterocycles. The average molecular weight is 642 g/mol. The third-order valence-corrected chi connectivity index (χ3v) is 9.58. The first-order chi connectivity index (χ1) is 22.6. The van der Waals surface area contributed by atoms with Crippen LogP contribution in [0.4, 0.5) is 0 Å². The maximum Gasteiger partial charge on any atom is 0.303 e. The normalized spacial score (nSPS) is 21.4. The smallest absolute Gasteiger partial charge is 0.303 e. The highest BCUT2D eigenvalue weighted by atomic mass is 16.4. The maximum atomic E-state index is 14.6. The Morgan fingerprint density at radius 1 is 0.638 bits per heavy atom. The predicted molar refractivity (Wildman–Crippen MR) is 163 cm³/mol. The second-order valence-electron chi connectivity index (χ2n) is 12.1. The van der Waals surface area contributed by atoms with Crippen LogP contribution in [0.1, 0.15) is 72.6 Å². The number of hydrogen-bond donors (Lipinski definition) is 2. The molecule has 7 heterocycles. The number of oxazole rings is 1. The lowest BCUT2D eigenvalue weighted by atomic mass is 9.91. The van der Waals surface area contributed by atoms with E-state index in [4.69, 9.17) is 4.42 Å². The van der Waals surface area contributed by atoms with Crippen molar-refractivity contribution in [3.8, 4) is 0 Å². The molecule has 2 fully saturated rings. The van der Waals surface area contributed by atoms with Crippen molar-refractivity contribution < 1.29 is 43.4 Å². The Hall–Kier alpha value is -5.53. The van der Waals surface area contributed by atoms with E-state index in [-0.39, 0.29) is 50.4 Å². The molecular weight excluding hydrogens is 610 g/mol. The molecule has 2 N–H and O–H groups in total. The van der Waals surface area contributed by atoms with Gasteiger partial charge in [0.1, 0.15) is 0 Å². The van der Waals surface area contributed by atoms with Gasteiger partial charge in [0.05, 0.1) is 19.0 Å². The van der Waals surface area contributed by atoms with E-state index in [0.717, 1.165) is 0 Å². The van der Waals surface area contributed by atoms with Gasteiger partial charge in [0.15, 0.2) is 16.8 Å². The highest BCUT2D eigenvalue weighted by Gasteiger charge is 2.59. The van der Waals surface area contributed by atoms with Gasteiger partial charge < -0.3 is 24.4 Å². The number of hydrogen-bond acceptors (Lipinski definition) is 8. The minimum absolute atomic E-state index is 0.0101. The maximum absolute atomic E-state index is 14.6. The molecule has 5 aromatic heterocycles. The molecule has 14 nitrogen and oxygen atoms in total. The number of aromatic nitrogens is 3. The molecule has 0 unspecified atom stereocenters. The Bertz CT molecular complexity index is 1800. The molecule has 47 heavy (non-hydrogen) atoms. The van der Waals surface area contributed by atoms with Crippen molar-refractivity contribution in [2.75, 3.05) is 13.1 Å². The standard InChI is InChI=1S/C33H31N5O9/c39-25(11-13-27(41)42)35-17-1-15-32(35,30(45)37-20-3-4-21(37)6-5-20)24-19-34-29(47-24)33(31(46)38-22-7-8-23(38)10-9-22)16-2-18-36(33)26(40)12-14-28(43)44/h3-10,19H,1-2,11-18H2,(H,41,42)(H,43,44)/t32-,33-/m0/s1. The van der Waals surface area contributed by atoms with Gasteiger partial charge in [0.25, 0.3) is 11.8 Å². The van der Waals surface area contributed by atoms with Crippen LogP contribution in [0.3, 0.4) is 0 Å². The molecule has 0 spiro atoms. The van der Waals surface area contributed by atoms with Crippen LogP contribution in [0.25, 0.3) is 22.1 Å². The summed E-state index contributed by atoms with van der Waals surface area (Å²) in [6.45, 7) is 0.304. The molecule has 0 saturated carbocycles. The number of benzene rings is 2. The Morgan fingerprint density at radius 3 is 1.49 bits per heavy atom. The molecule has 2 amide bonds. The van der Waals surface area contributed by atoms with E-state index in [1.165, 1.54) is 25.1 Å². The zero-order chi connectivity index (χ0) is 33.1. The third-order valence-electron chi connectivity index (χ3n) is 9.58. The Labute approximate surface area is 266 Å². The van der Waals surface area contributed by atoms with Crippen LogP contribution in [0.2, 0.25) is 0 Å². The molecule has 2 aliphatic rings. The average Bonchev–Trinajstić information content (AvgIpc) is 3.92. The van der Waals surface area contributed by atoms with Crippen LogP contribution < -0.4 is 0 Å². The van der Waals surface area contributed by atoms with Crippen LogP contribution in [0.5, 0.6) is 0 Å². The molecular formula is C33H31N5O9. The van der Waals surface area contributed by atoms with Crippen molar-refractivity contribution >= 4 is 57.6 Å². The predicted octanol–water partition coefficient (Wildman–Crippen LogP) is 3.51. The van der Waals surface area contributed by atoms with Gasteiger partial charge in [-0.2, -0.15) is 0 Å². The number of nitrogens with zero attached hydrogens (tertiary/aromatic N) is 5. The summed E-state index contributed by atoms with van der Waals surface area (Å²) in [6.07, 6.45) is 0.846. The van der Waals surface area contributed by atoms with Gasteiger partial charge in [0.2, 0.25) is 17.7 Å². The van der Waals surface area contributed by atoms with Gasteiger partial charge >= 0.3 is 11.9 Å². The second-order valence-corrected chi connectivity index (χ2v) is 12.1. The van der Waals surface area contributed by atoms with Crippen LogP contribution in [0.15, 0.2) is 59.1 Å². The van der Waals surface area contributed by atoms with Gasteiger partial charge in [-0.15, -0.1) is 0 Å². The van der Waals surface area contributed by atoms with E-state index in [0.29, 0.717) is 34.9 Å². The zero-order valence-electron chi connectivity index (χ0n) is 25.3. The van der Waals surface area contributed by atoms with Gasteiger partial charge in [-0.25, -0.2) is 4.98 Å². The van der Waals surface area contributed by atoms with E-state index < -0.39 is 59.5 Å². The summed E-state index contributed by atoms with van der Waals surface area (Å²) in [6, 6.07) is 14.1. The number of carboxylic acids is 2. The van der Waals surface area contributed by atoms with Crippen LogP contribution in [0, 0.1) is 0 Å². The quantitative estimate of drug-likeness (QED) is 0.229. The zero-order valence-corrected chi connectivity index (χ0v) is 25.3. The molecule has 242 valence electrons. The van der Waals surface area contributed by atoms with Gasteiger partial charge in [0, 0.05) is 48.0 Å². The van der Waals surface area contributed by atoms with Crippen LogP contribution >= 0.6 is 0 Å². The van der Waals surface area contributed by atoms with Crippen molar-refractivity contribution in [3.63, 3.8) is 0 Å². The summed E-state index contributed by atoms with van der Waals surface area (Å²) in [5, 5.41) is 18.5. The van der Waals surface area contributed by atoms with E-state index in [2.05, 4.69) is 4.98 Å². The summed E-state index contributed by atoms with van der Waals surface area (Å²) >= 11 is 0. The Kier molecular flexibility index (Phi) is 7.10. The highest BCUT2D eigenvalue weighted by molar-refractivity contribution is 6.02. The van der Waals surface area contributed by atoms with Crippen molar-refractivity contribution in [1.82, 2.24) is 23.9 Å². The molecule has 0 aromatic carbocycles. The first-order valence-electron chi connectivity index (χ1n) is 15.5. The van der Waals surface area contributed by atoms with E-state index in [9.17, 15) is 39.0 Å². The number of rotatable bonds is 10. The number of carbonyl (C=O) groups excluding carboxylic acids is 4. The number of aliphatic carboxylic acids is 2. The first-order valence-corrected chi connectivity index (χ1v) is 15.5. The van der Waals surface area contributed by atoms with E-state index >= 15 is 0 Å². The molecule has 2 saturated heterocycles. The summed E-state index contributed by atoms with van der Waals surface area (Å²) in [5.74, 6) is -4.57. The van der Waals surface area contributed by atoms with E-state index in [1.54, 1.807) is 48.5 Å². The molecule has 14 heteroatoms. The SMILES string of the molecule is O=C(O)CCC(=O)N1CCC[C@@]1(C(=O)n1c2ccc1cc2)c1cnc([C@]2(C(=O)n3c4ccc3cc4)CCCN2C(=O)CCC(=O)O)o1. The summed E-state index contributed by atoms with van der Waals surface area (Å²) in [4.78, 5) is 86.4. The number of carbonyl (C=O) groups is 6. The number of likely N-dealkylation sites (tertiary alicyclic amines) is 2. The minimum atomic E-state index is -1.76. The van der Waals surface area contributed by atoms with Crippen molar-refractivity contribution in [2.24, 2.45) is 0 Å². The second kappa shape index (κ2) is 11.1. The molecule has 2 atom stereocenters. The number of fused-ring (bicyclic) bond motifs is 4. The highest BCUT2D eigenvalue weighted by Crippen LogP contribution is 2.47. The third kappa shape index (κ3) is 4.49. The van der Waals surface area contributed by atoms with Crippen molar-refractivity contribution in [2.45, 2.75) is 62.4 Å². The molecule has 0 aliphatic carbocycles. The number of carboxylic acid groups (broad SMARTS) is 2. The van der Waals surface area contributed by atoms with Gasteiger partial charge in [-0.05, 0) is 74.2 Å². The lowest BCUT2D eigenvalue weighted by molar-refractivity contribution is -0.142. The Morgan fingerprint density at radius 2 is 1.04 bits per heavy atom. The van der Waals surface area contributed by atoms with Crippen molar-refractivity contribution in [1.29, 1.82) is 0 Å². The fourth-order valence-corrected chi connectivity index (χ4v) is 7.43. The lowest BCUT2D eigenvalue weighted by Gasteiger charge is -2.36. The summed E-state index contributed by atoms with van der Waals surface area (Å²) < 4.78 is 9.42. The topological polar surface area (TPSA) is 185 Å². The molecule has 4 bridgehead atoms. The monoisotopic (exact) mass is 641 g/mol. The van der Waals surface area contributed by atoms with E-state index in [1.807, 2.05) is 0 Å².